The summed E-state index contributed by atoms with van der Waals surface area (Å²) < 4.78 is 1.21. The van der Waals surface area contributed by atoms with E-state index in [4.69, 9.17) is 29.0 Å². The van der Waals surface area contributed by atoms with Gasteiger partial charge in [0.15, 0.2) is 0 Å². The van der Waals surface area contributed by atoms with Crippen LogP contribution in [0.15, 0.2) is 42.5 Å². The molecule has 0 fully saturated rings. The lowest BCUT2D eigenvalue weighted by atomic mass is 9.99. The average Bonchev–Trinajstić information content (AvgIpc) is 2.37. The van der Waals surface area contributed by atoms with E-state index in [0.717, 1.165) is 12.0 Å². The molecule has 0 saturated heterocycles. The van der Waals surface area contributed by atoms with Gasteiger partial charge in [0, 0.05) is 13.6 Å². The molecule has 0 heterocycles. The summed E-state index contributed by atoms with van der Waals surface area (Å²) in [6, 6.07) is 13.8. The zero-order valence-corrected chi connectivity index (χ0v) is 13.7. The Morgan fingerprint density at radius 3 is 2.16 bits per heavy atom. The van der Waals surface area contributed by atoms with E-state index < -0.39 is 0 Å². The second-order valence-electron chi connectivity index (χ2n) is 4.25. The van der Waals surface area contributed by atoms with Crippen LogP contribution in [0.3, 0.4) is 0 Å². The van der Waals surface area contributed by atoms with Gasteiger partial charge in [-0.1, -0.05) is 35.3 Å². The first-order chi connectivity index (χ1) is 9.08. The summed E-state index contributed by atoms with van der Waals surface area (Å²) in [4.78, 5) is 0. The molecular formula is C14H13Cl2IN2. The lowest BCUT2D eigenvalue weighted by Crippen LogP contribution is -2.29. The zero-order valence-electron chi connectivity index (χ0n) is 10.0. The molecule has 19 heavy (non-hydrogen) atoms. The SMILES string of the molecule is NNC(Cc1ccc(I)cc1)c1cc(Cl)cc(Cl)c1. The molecular weight excluding hydrogens is 394 g/mol. The summed E-state index contributed by atoms with van der Waals surface area (Å²) in [6.45, 7) is 0. The molecule has 0 aliphatic carbocycles. The number of nitrogens with one attached hydrogen (secondary N) is 1. The summed E-state index contributed by atoms with van der Waals surface area (Å²) in [6.07, 6.45) is 0.782. The van der Waals surface area contributed by atoms with Crippen LogP contribution in [-0.4, -0.2) is 0 Å². The first-order valence-corrected chi connectivity index (χ1v) is 7.58. The van der Waals surface area contributed by atoms with E-state index in [1.807, 2.05) is 12.1 Å². The Balaban J connectivity index is 2.22. The van der Waals surface area contributed by atoms with Crippen LogP contribution in [0.2, 0.25) is 10.0 Å². The van der Waals surface area contributed by atoms with E-state index in [0.29, 0.717) is 10.0 Å². The van der Waals surface area contributed by atoms with Crippen molar-refractivity contribution in [3.05, 3.63) is 67.2 Å². The highest BCUT2D eigenvalue weighted by Gasteiger charge is 2.12. The Hall–Kier alpha value is -0.330. The van der Waals surface area contributed by atoms with Crippen LogP contribution in [0.1, 0.15) is 17.2 Å². The molecule has 1 unspecified atom stereocenters. The molecule has 0 bridgehead atoms. The van der Waals surface area contributed by atoms with Crippen LogP contribution in [0.5, 0.6) is 0 Å². The van der Waals surface area contributed by atoms with Crippen molar-refractivity contribution in [3.8, 4) is 0 Å². The van der Waals surface area contributed by atoms with E-state index in [9.17, 15) is 0 Å². The molecule has 0 aliphatic rings. The van der Waals surface area contributed by atoms with Gasteiger partial charge in [-0.2, -0.15) is 0 Å². The number of hydrogen-bond acceptors (Lipinski definition) is 2. The van der Waals surface area contributed by atoms with E-state index >= 15 is 0 Å². The minimum atomic E-state index is -0.0174. The van der Waals surface area contributed by atoms with Crippen LogP contribution < -0.4 is 11.3 Å². The molecule has 2 rings (SSSR count). The standard InChI is InChI=1S/C14H13Cl2IN2/c15-11-6-10(7-12(16)8-11)14(19-18)5-9-1-3-13(17)4-2-9/h1-4,6-8,14,19H,5,18H2. The van der Waals surface area contributed by atoms with Crippen molar-refractivity contribution < 1.29 is 0 Å². The van der Waals surface area contributed by atoms with Crippen molar-refractivity contribution in [3.63, 3.8) is 0 Å². The van der Waals surface area contributed by atoms with Crippen molar-refractivity contribution in [1.29, 1.82) is 0 Å². The lowest BCUT2D eigenvalue weighted by molar-refractivity contribution is 0.552. The Kier molecular flexibility index (Phi) is 5.47. The fraction of sp³-hybridized carbons (Fsp3) is 0.143. The molecule has 0 amide bonds. The number of rotatable bonds is 4. The maximum absolute atomic E-state index is 6.02. The van der Waals surface area contributed by atoms with Gasteiger partial charge in [0.1, 0.15) is 0 Å². The minimum Gasteiger partial charge on any atom is -0.271 e. The van der Waals surface area contributed by atoms with Gasteiger partial charge in [-0.3, -0.25) is 11.3 Å². The van der Waals surface area contributed by atoms with Crippen LogP contribution in [-0.2, 0) is 6.42 Å². The molecule has 0 aromatic heterocycles. The van der Waals surface area contributed by atoms with Gasteiger partial charge in [0.05, 0.1) is 6.04 Å². The summed E-state index contributed by atoms with van der Waals surface area (Å²) in [5.41, 5.74) is 5.01. The highest BCUT2D eigenvalue weighted by atomic mass is 127. The van der Waals surface area contributed by atoms with Gasteiger partial charge in [-0.05, 0) is 70.5 Å². The molecule has 0 spiro atoms. The monoisotopic (exact) mass is 406 g/mol. The van der Waals surface area contributed by atoms with Crippen molar-refractivity contribution in [1.82, 2.24) is 5.43 Å². The van der Waals surface area contributed by atoms with E-state index in [2.05, 4.69) is 52.3 Å². The second kappa shape index (κ2) is 6.90. The fourth-order valence-electron chi connectivity index (χ4n) is 1.91. The molecule has 100 valence electrons. The van der Waals surface area contributed by atoms with Gasteiger partial charge in [-0.25, -0.2) is 0 Å². The van der Waals surface area contributed by atoms with Crippen molar-refractivity contribution in [2.24, 2.45) is 5.84 Å². The summed E-state index contributed by atoms with van der Waals surface area (Å²) in [5.74, 6) is 5.65. The number of halogens is 3. The third-order valence-electron chi connectivity index (χ3n) is 2.84. The first kappa shape index (κ1) is 15.1. The molecule has 2 nitrogen and oxygen atoms in total. The molecule has 1 atom stereocenters. The Bertz CT molecular complexity index is 538. The Morgan fingerprint density at radius 2 is 1.63 bits per heavy atom. The van der Waals surface area contributed by atoms with Gasteiger partial charge in [0.2, 0.25) is 0 Å². The smallest absolute Gasteiger partial charge is 0.0501 e. The highest BCUT2D eigenvalue weighted by Crippen LogP contribution is 2.25. The molecule has 2 aromatic carbocycles. The Morgan fingerprint density at radius 1 is 1.05 bits per heavy atom. The summed E-state index contributed by atoms with van der Waals surface area (Å²) >= 11 is 14.3. The molecule has 5 heteroatoms. The fourth-order valence-corrected chi connectivity index (χ4v) is 2.81. The van der Waals surface area contributed by atoms with E-state index in [-0.39, 0.29) is 6.04 Å². The average molecular weight is 407 g/mol. The van der Waals surface area contributed by atoms with Gasteiger partial charge in [0.25, 0.3) is 0 Å². The maximum atomic E-state index is 6.02. The molecule has 3 N–H and O–H groups in total. The lowest BCUT2D eigenvalue weighted by Gasteiger charge is -2.17. The van der Waals surface area contributed by atoms with Crippen LogP contribution in [0.25, 0.3) is 0 Å². The van der Waals surface area contributed by atoms with Crippen molar-refractivity contribution >= 4 is 45.8 Å². The number of hydrogen-bond donors (Lipinski definition) is 2. The van der Waals surface area contributed by atoms with Crippen LogP contribution >= 0.6 is 45.8 Å². The predicted octanol–water partition coefficient (Wildman–Crippen LogP) is 4.35. The number of benzene rings is 2. The predicted molar refractivity (Wildman–Crippen MR) is 89.4 cm³/mol. The maximum Gasteiger partial charge on any atom is 0.0501 e. The largest absolute Gasteiger partial charge is 0.271 e. The topological polar surface area (TPSA) is 38.0 Å². The minimum absolute atomic E-state index is 0.0174. The highest BCUT2D eigenvalue weighted by molar-refractivity contribution is 14.1. The van der Waals surface area contributed by atoms with Crippen molar-refractivity contribution in [2.45, 2.75) is 12.5 Å². The molecule has 0 radical (unpaired) electrons. The normalized spacial score (nSPS) is 12.4. The molecule has 0 aliphatic heterocycles. The third kappa shape index (κ3) is 4.33. The summed E-state index contributed by atoms with van der Waals surface area (Å²) in [5, 5.41) is 1.23. The van der Waals surface area contributed by atoms with Crippen molar-refractivity contribution in [2.75, 3.05) is 0 Å². The van der Waals surface area contributed by atoms with E-state index in [1.165, 1.54) is 9.13 Å². The van der Waals surface area contributed by atoms with E-state index in [1.54, 1.807) is 6.07 Å². The number of nitrogens with two attached hydrogens (primary N) is 1. The van der Waals surface area contributed by atoms with Crippen LogP contribution in [0.4, 0.5) is 0 Å². The first-order valence-electron chi connectivity index (χ1n) is 5.75. The third-order valence-corrected chi connectivity index (χ3v) is 4.00. The second-order valence-corrected chi connectivity index (χ2v) is 6.37. The Labute approximate surface area is 136 Å². The number of hydrazine groups is 1. The molecule has 2 aromatic rings. The quantitative estimate of drug-likeness (QED) is 0.450. The van der Waals surface area contributed by atoms with Crippen LogP contribution in [0, 0.1) is 3.57 Å². The summed E-state index contributed by atoms with van der Waals surface area (Å²) in [7, 11) is 0. The van der Waals surface area contributed by atoms with Gasteiger partial charge >= 0.3 is 0 Å². The van der Waals surface area contributed by atoms with Gasteiger partial charge in [-0.15, -0.1) is 0 Å². The molecule has 0 saturated carbocycles. The van der Waals surface area contributed by atoms with Gasteiger partial charge < -0.3 is 0 Å². The zero-order chi connectivity index (χ0) is 13.8.